The summed E-state index contributed by atoms with van der Waals surface area (Å²) in [6, 6.07) is 22.4. The fourth-order valence-corrected chi connectivity index (χ4v) is 2.37. The number of carbonyl (C=O) groups is 1. The number of phenolic OH excluding ortho intramolecular Hbond substituents is 1. The molecule has 0 atom stereocenters. The van der Waals surface area contributed by atoms with E-state index in [1.165, 1.54) is 6.07 Å². The first-order chi connectivity index (χ1) is 12.1. The minimum absolute atomic E-state index is 0.0367. The fraction of sp³-hybridized carbons (Fsp3) is 0. The van der Waals surface area contributed by atoms with Gasteiger partial charge in [0.2, 0.25) is 5.78 Å². The maximum atomic E-state index is 12.8. The monoisotopic (exact) mass is 350 g/mol. The zero-order chi connectivity index (χ0) is 17.6. The number of hydrogen-bond donors (Lipinski definition) is 1. The van der Waals surface area contributed by atoms with Crippen LogP contribution in [0.3, 0.4) is 0 Å². The maximum Gasteiger partial charge on any atom is 0.228 e. The van der Waals surface area contributed by atoms with Gasteiger partial charge in [-0.25, -0.2) is 0 Å². The smallest absolute Gasteiger partial charge is 0.228 e. The summed E-state index contributed by atoms with van der Waals surface area (Å²) in [5.74, 6) is 0.00573. The summed E-state index contributed by atoms with van der Waals surface area (Å²) >= 11 is 5.91. The van der Waals surface area contributed by atoms with Crippen molar-refractivity contribution < 1.29 is 14.6 Å². The van der Waals surface area contributed by atoms with Gasteiger partial charge in [-0.2, -0.15) is 0 Å². The molecule has 0 aliphatic rings. The first-order valence-electron chi connectivity index (χ1n) is 7.66. The van der Waals surface area contributed by atoms with Crippen LogP contribution in [0.2, 0.25) is 5.02 Å². The molecular formula is C21H15ClO3. The number of rotatable bonds is 5. The highest BCUT2D eigenvalue weighted by molar-refractivity contribution is 6.30. The second-order valence-corrected chi connectivity index (χ2v) is 5.76. The number of halogens is 1. The van der Waals surface area contributed by atoms with Crippen LogP contribution in [0.1, 0.15) is 15.9 Å². The molecule has 124 valence electrons. The number of carbonyl (C=O) groups excluding carboxylic acids is 1. The third kappa shape index (κ3) is 4.28. The Kier molecular flexibility index (Phi) is 5.17. The van der Waals surface area contributed by atoms with Gasteiger partial charge in [-0.3, -0.25) is 4.79 Å². The van der Waals surface area contributed by atoms with Crippen LogP contribution >= 0.6 is 11.6 Å². The number of aromatic hydroxyl groups is 1. The van der Waals surface area contributed by atoms with Crippen LogP contribution in [0.15, 0.2) is 84.6 Å². The van der Waals surface area contributed by atoms with E-state index in [1.807, 2.05) is 6.07 Å². The van der Waals surface area contributed by atoms with Crippen molar-refractivity contribution in [3.8, 4) is 11.5 Å². The van der Waals surface area contributed by atoms with E-state index in [0.29, 0.717) is 10.6 Å². The summed E-state index contributed by atoms with van der Waals surface area (Å²) in [4.78, 5) is 12.8. The Bertz CT molecular complexity index is 900. The van der Waals surface area contributed by atoms with Crippen LogP contribution in [0.4, 0.5) is 0 Å². The number of allylic oxidation sites excluding steroid dienone is 1. The first kappa shape index (κ1) is 16.8. The SMILES string of the molecule is O=C(/C(=C\c1ccc(Cl)cc1)Oc1ccccc1O)c1ccccc1. The Morgan fingerprint density at radius 2 is 1.52 bits per heavy atom. The van der Waals surface area contributed by atoms with E-state index in [4.69, 9.17) is 16.3 Å². The molecule has 0 saturated heterocycles. The molecule has 3 aromatic rings. The van der Waals surface area contributed by atoms with Crippen molar-refractivity contribution in [3.63, 3.8) is 0 Å². The van der Waals surface area contributed by atoms with Crippen molar-refractivity contribution in [2.24, 2.45) is 0 Å². The minimum atomic E-state index is -0.279. The van der Waals surface area contributed by atoms with Crippen LogP contribution in [0.5, 0.6) is 11.5 Å². The lowest BCUT2D eigenvalue weighted by Crippen LogP contribution is -2.09. The van der Waals surface area contributed by atoms with Gasteiger partial charge in [0.15, 0.2) is 17.3 Å². The van der Waals surface area contributed by atoms with Gasteiger partial charge in [-0.1, -0.05) is 66.2 Å². The zero-order valence-corrected chi connectivity index (χ0v) is 14.0. The predicted octanol–water partition coefficient (Wildman–Crippen LogP) is 5.35. The van der Waals surface area contributed by atoms with Crippen molar-refractivity contribution in [3.05, 3.63) is 101 Å². The van der Waals surface area contributed by atoms with Gasteiger partial charge in [0.25, 0.3) is 0 Å². The van der Waals surface area contributed by atoms with Gasteiger partial charge >= 0.3 is 0 Å². The van der Waals surface area contributed by atoms with Gasteiger partial charge in [0.1, 0.15) is 0 Å². The van der Waals surface area contributed by atoms with E-state index in [2.05, 4.69) is 0 Å². The Hall–Kier alpha value is -3.04. The van der Waals surface area contributed by atoms with Crippen molar-refractivity contribution in [2.45, 2.75) is 0 Å². The summed E-state index contributed by atoms with van der Waals surface area (Å²) in [6.45, 7) is 0. The van der Waals surface area contributed by atoms with E-state index in [9.17, 15) is 9.90 Å². The van der Waals surface area contributed by atoms with Crippen molar-refractivity contribution in [1.29, 1.82) is 0 Å². The molecule has 0 radical (unpaired) electrons. The number of hydrogen-bond acceptors (Lipinski definition) is 3. The lowest BCUT2D eigenvalue weighted by atomic mass is 10.1. The van der Waals surface area contributed by atoms with E-state index >= 15 is 0 Å². The molecule has 1 N–H and O–H groups in total. The van der Waals surface area contributed by atoms with Gasteiger partial charge < -0.3 is 9.84 Å². The van der Waals surface area contributed by atoms with Gasteiger partial charge in [-0.15, -0.1) is 0 Å². The van der Waals surface area contributed by atoms with Crippen LogP contribution in [-0.2, 0) is 0 Å². The van der Waals surface area contributed by atoms with Crippen LogP contribution in [0, 0.1) is 0 Å². The third-order valence-corrected chi connectivity index (χ3v) is 3.76. The molecule has 3 rings (SSSR count). The number of phenols is 1. The quantitative estimate of drug-likeness (QED) is 0.383. The predicted molar refractivity (Wildman–Crippen MR) is 98.9 cm³/mol. The number of ether oxygens (including phenoxy) is 1. The second-order valence-electron chi connectivity index (χ2n) is 5.33. The molecule has 3 nitrogen and oxygen atoms in total. The zero-order valence-electron chi connectivity index (χ0n) is 13.2. The molecule has 4 heteroatoms. The summed E-state index contributed by atoms with van der Waals surface area (Å²) < 4.78 is 5.72. The molecule has 0 bridgehead atoms. The van der Waals surface area contributed by atoms with Gasteiger partial charge in [-0.05, 0) is 35.9 Å². The molecule has 0 aliphatic carbocycles. The van der Waals surface area contributed by atoms with Crippen molar-refractivity contribution in [1.82, 2.24) is 0 Å². The van der Waals surface area contributed by atoms with Crippen LogP contribution < -0.4 is 4.74 Å². The molecule has 0 unspecified atom stereocenters. The lowest BCUT2D eigenvalue weighted by Gasteiger charge is -2.11. The van der Waals surface area contributed by atoms with E-state index in [-0.39, 0.29) is 23.0 Å². The lowest BCUT2D eigenvalue weighted by molar-refractivity contribution is 0.0987. The van der Waals surface area contributed by atoms with Crippen LogP contribution in [0.25, 0.3) is 6.08 Å². The Morgan fingerprint density at radius 1 is 0.880 bits per heavy atom. The first-order valence-corrected chi connectivity index (χ1v) is 8.04. The standard InChI is InChI=1S/C21H15ClO3/c22-17-12-10-15(11-13-17)14-20(21(24)16-6-2-1-3-7-16)25-19-9-5-4-8-18(19)23/h1-14,23H/b20-14+. The molecule has 3 aromatic carbocycles. The average molecular weight is 351 g/mol. The number of Topliss-reactive ketones (excluding diaryl/α,β-unsaturated/α-hetero) is 1. The third-order valence-electron chi connectivity index (χ3n) is 3.51. The Labute approximate surface area is 150 Å². The van der Waals surface area contributed by atoms with Crippen LogP contribution in [-0.4, -0.2) is 10.9 Å². The molecule has 0 fully saturated rings. The fourth-order valence-electron chi connectivity index (χ4n) is 2.25. The molecule has 25 heavy (non-hydrogen) atoms. The average Bonchev–Trinajstić information content (AvgIpc) is 2.65. The van der Waals surface area contributed by atoms with E-state index in [1.54, 1.807) is 72.8 Å². The molecular weight excluding hydrogens is 336 g/mol. The number of benzene rings is 3. The van der Waals surface area contributed by atoms with Gasteiger partial charge in [0.05, 0.1) is 0 Å². The molecule has 0 spiro atoms. The van der Waals surface area contributed by atoms with E-state index in [0.717, 1.165) is 5.56 Å². The number of ketones is 1. The summed E-state index contributed by atoms with van der Waals surface area (Å²) in [5, 5.41) is 10.5. The van der Waals surface area contributed by atoms with Gasteiger partial charge in [0, 0.05) is 10.6 Å². The minimum Gasteiger partial charge on any atom is -0.504 e. The summed E-state index contributed by atoms with van der Waals surface area (Å²) in [7, 11) is 0. The van der Waals surface area contributed by atoms with E-state index < -0.39 is 0 Å². The topological polar surface area (TPSA) is 46.5 Å². The van der Waals surface area contributed by atoms with Crippen molar-refractivity contribution in [2.75, 3.05) is 0 Å². The second kappa shape index (κ2) is 7.69. The summed E-state index contributed by atoms with van der Waals surface area (Å²) in [6.07, 6.45) is 1.62. The maximum absolute atomic E-state index is 12.8. The largest absolute Gasteiger partial charge is 0.504 e. The molecule has 0 heterocycles. The number of para-hydroxylation sites is 2. The summed E-state index contributed by atoms with van der Waals surface area (Å²) in [5.41, 5.74) is 1.26. The Morgan fingerprint density at radius 3 is 2.20 bits per heavy atom. The molecule has 0 aliphatic heterocycles. The highest BCUT2D eigenvalue weighted by atomic mass is 35.5. The van der Waals surface area contributed by atoms with Crippen molar-refractivity contribution >= 4 is 23.5 Å². The normalized spacial score (nSPS) is 11.2. The molecule has 0 aromatic heterocycles. The highest BCUT2D eigenvalue weighted by Crippen LogP contribution is 2.28. The Balaban J connectivity index is 2.00. The molecule has 0 saturated carbocycles. The highest BCUT2D eigenvalue weighted by Gasteiger charge is 2.16. The molecule has 0 amide bonds.